The average molecular weight is 341 g/mol. The Kier molecular flexibility index (Phi) is 5.15. The largest absolute Gasteiger partial charge is 0.279 e. The molecular weight excluding hydrogens is 327 g/mol. The topological polar surface area (TPSA) is 49.7 Å². The lowest BCUT2D eigenvalue weighted by Crippen LogP contribution is -2.27. The summed E-state index contributed by atoms with van der Waals surface area (Å²) in [5.74, 6) is -0.405. The van der Waals surface area contributed by atoms with Crippen LogP contribution >= 0.6 is 11.6 Å². The van der Waals surface area contributed by atoms with Crippen LogP contribution in [0.1, 0.15) is 12.5 Å². The molecule has 0 fully saturated rings. The Morgan fingerprint density at radius 2 is 1.73 bits per heavy atom. The van der Waals surface area contributed by atoms with Gasteiger partial charge in [0.25, 0.3) is 10.0 Å². The minimum absolute atomic E-state index is 0.0265. The van der Waals surface area contributed by atoms with Crippen LogP contribution < -0.4 is 0 Å². The summed E-state index contributed by atoms with van der Waals surface area (Å²) in [6, 6.07) is 13.3. The Morgan fingerprint density at radius 1 is 1.14 bits per heavy atom. The van der Waals surface area contributed by atoms with Gasteiger partial charge in [-0.2, -0.15) is 12.8 Å². The highest BCUT2D eigenvalue weighted by molar-refractivity contribution is 7.89. The molecule has 0 amide bonds. The number of hydrogen-bond acceptors (Lipinski definition) is 3. The van der Waals surface area contributed by atoms with Gasteiger partial charge >= 0.3 is 0 Å². The molecule has 0 radical (unpaired) electrons. The highest BCUT2D eigenvalue weighted by Gasteiger charge is 2.22. The summed E-state index contributed by atoms with van der Waals surface area (Å²) in [4.78, 5) is 0.129. The first-order valence-electron chi connectivity index (χ1n) is 6.53. The van der Waals surface area contributed by atoms with Crippen molar-refractivity contribution in [1.82, 2.24) is 4.41 Å². The fourth-order valence-corrected chi connectivity index (χ4v) is 3.29. The SMILES string of the molecule is CCN(/N=C(/Cl)c1ccc(F)cc1)S(=O)(=O)c1ccccc1. The summed E-state index contributed by atoms with van der Waals surface area (Å²) < 4.78 is 38.8. The van der Waals surface area contributed by atoms with Crippen molar-refractivity contribution in [3.8, 4) is 0 Å². The van der Waals surface area contributed by atoms with E-state index >= 15 is 0 Å². The van der Waals surface area contributed by atoms with E-state index in [4.69, 9.17) is 11.6 Å². The third-order valence-corrected chi connectivity index (χ3v) is 4.93. The Morgan fingerprint density at radius 3 is 2.27 bits per heavy atom. The van der Waals surface area contributed by atoms with Gasteiger partial charge in [0, 0.05) is 5.56 Å². The van der Waals surface area contributed by atoms with Gasteiger partial charge in [-0.05, 0) is 43.3 Å². The molecule has 0 unspecified atom stereocenters. The standard InChI is InChI=1S/C15H14ClFN2O2S/c1-2-19(22(20,21)14-6-4-3-5-7-14)18-15(16)12-8-10-13(17)11-9-12/h3-11H,2H2,1H3/b18-15+. The van der Waals surface area contributed by atoms with Gasteiger partial charge < -0.3 is 0 Å². The summed E-state index contributed by atoms with van der Waals surface area (Å²) in [6.07, 6.45) is 0. The van der Waals surface area contributed by atoms with Gasteiger partial charge in [-0.1, -0.05) is 29.8 Å². The Labute approximate surface area is 133 Å². The van der Waals surface area contributed by atoms with Crippen LogP contribution in [0.25, 0.3) is 0 Å². The van der Waals surface area contributed by atoms with Crippen LogP contribution in [0.3, 0.4) is 0 Å². The molecule has 2 rings (SSSR count). The molecule has 0 heterocycles. The van der Waals surface area contributed by atoms with Gasteiger partial charge in [-0.15, -0.1) is 5.10 Å². The van der Waals surface area contributed by atoms with E-state index in [2.05, 4.69) is 5.10 Å². The number of nitrogens with zero attached hydrogens (tertiary/aromatic N) is 2. The number of rotatable bonds is 5. The van der Waals surface area contributed by atoms with E-state index < -0.39 is 15.8 Å². The Balaban J connectivity index is 2.36. The van der Waals surface area contributed by atoms with Crippen LogP contribution in [0.2, 0.25) is 0 Å². The molecule has 0 aliphatic rings. The number of benzene rings is 2. The van der Waals surface area contributed by atoms with Crippen molar-refractivity contribution in [3.05, 3.63) is 66.0 Å². The molecule has 22 heavy (non-hydrogen) atoms. The molecule has 0 aliphatic carbocycles. The van der Waals surface area contributed by atoms with E-state index in [1.807, 2.05) is 0 Å². The number of halogens is 2. The van der Waals surface area contributed by atoms with Crippen molar-refractivity contribution >= 4 is 26.8 Å². The zero-order valence-electron chi connectivity index (χ0n) is 11.8. The van der Waals surface area contributed by atoms with Crippen LogP contribution in [0.4, 0.5) is 4.39 Å². The smallest absolute Gasteiger partial charge is 0.207 e. The first-order chi connectivity index (χ1) is 10.4. The minimum atomic E-state index is -3.78. The van der Waals surface area contributed by atoms with E-state index in [9.17, 15) is 12.8 Å². The zero-order valence-corrected chi connectivity index (χ0v) is 13.4. The summed E-state index contributed by atoms with van der Waals surface area (Å²) in [5, 5.41) is 3.92. The van der Waals surface area contributed by atoms with E-state index in [0.29, 0.717) is 5.56 Å². The lowest BCUT2D eigenvalue weighted by atomic mass is 10.2. The Bertz CT molecular complexity index is 762. The van der Waals surface area contributed by atoms with E-state index in [1.54, 1.807) is 25.1 Å². The van der Waals surface area contributed by atoms with Crippen molar-refractivity contribution in [3.63, 3.8) is 0 Å². The van der Waals surface area contributed by atoms with Gasteiger partial charge in [0.1, 0.15) is 5.82 Å². The number of hydrogen-bond donors (Lipinski definition) is 0. The molecule has 0 bridgehead atoms. The predicted octanol–water partition coefficient (Wildman–Crippen LogP) is 3.44. The Hall–Kier alpha value is -1.92. The van der Waals surface area contributed by atoms with Crippen molar-refractivity contribution in [1.29, 1.82) is 0 Å². The number of sulfonamides is 1. The average Bonchev–Trinajstić information content (AvgIpc) is 2.53. The number of hydrazone groups is 1. The van der Waals surface area contributed by atoms with E-state index in [-0.39, 0.29) is 16.6 Å². The lowest BCUT2D eigenvalue weighted by molar-refractivity contribution is 0.449. The van der Waals surface area contributed by atoms with Crippen molar-refractivity contribution in [2.24, 2.45) is 5.10 Å². The van der Waals surface area contributed by atoms with Gasteiger partial charge in [0.15, 0.2) is 5.17 Å². The second-order valence-electron chi connectivity index (χ2n) is 4.35. The maximum absolute atomic E-state index is 12.9. The highest BCUT2D eigenvalue weighted by atomic mass is 35.5. The molecule has 2 aromatic rings. The van der Waals surface area contributed by atoms with Crippen molar-refractivity contribution < 1.29 is 12.8 Å². The van der Waals surface area contributed by atoms with Gasteiger partial charge in [0.05, 0.1) is 11.4 Å². The minimum Gasteiger partial charge on any atom is -0.207 e. The van der Waals surface area contributed by atoms with E-state index in [0.717, 1.165) is 4.41 Å². The second-order valence-corrected chi connectivity index (χ2v) is 6.56. The summed E-state index contributed by atoms with van der Waals surface area (Å²) in [5.41, 5.74) is 0.435. The normalized spacial score (nSPS) is 12.2. The maximum Gasteiger partial charge on any atom is 0.279 e. The molecule has 7 heteroatoms. The van der Waals surface area contributed by atoms with Crippen LogP contribution in [-0.4, -0.2) is 24.5 Å². The fourth-order valence-electron chi connectivity index (χ4n) is 1.75. The predicted molar refractivity (Wildman–Crippen MR) is 84.8 cm³/mol. The quantitative estimate of drug-likeness (QED) is 0.618. The van der Waals surface area contributed by atoms with E-state index in [1.165, 1.54) is 36.4 Å². The first-order valence-corrected chi connectivity index (χ1v) is 8.35. The van der Waals surface area contributed by atoms with Crippen LogP contribution in [-0.2, 0) is 10.0 Å². The molecule has 0 spiro atoms. The third-order valence-electron chi connectivity index (χ3n) is 2.87. The molecule has 0 saturated heterocycles. The fraction of sp³-hybridized carbons (Fsp3) is 0.133. The molecule has 4 nitrogen and oxygen atoms in total. The maximum atomic E-state index is 12.9. The molecule has 0 N–H and O–H groups in total. The monoisotopic (exact) mass is 340 g/mol. The molecule has 2 aromatic carbocycles. The molecule has 0 atom stereocenters. The van der Waals surface area contributed by atoms with Crippen molar-refractivity contribution in [2.45, 2.75) is 11.8 Å². The highest BCUT2D eigenvalue weighted by Crippen LogP contribution is 2.17. The van der Waals surface area contributed by atoms with Gasteiger partial charge in [-0.25, -0.2) is 4.39 Å². The van der Waals surface area contributed by atoms with Crippen LogP contribution in [0.15, 0.2) is 64.6 Å². The molecular formula is C15H14ClFN2O2S. The summed E-state index contributed by atoms with van der Waals surface area (Å²) >= 11 is 6.05. The first kappa shape index (κ1) is 16.5. The second kappa shape index (κ2) is 6.89. The zero-order chi connectivity index (χ0) is 16.2. The molecule has 0 aliphatic heterocycles. The van der Waals surface area contributed by atoms with Gasteiger partial charge in [0.2, 0.25) is 0 Å². The summed E-state index contributed by atoms with van der Waals surface area (Å²) in [6.45, 7) is 1.77. The summed E-state index contributed by atoms with van der Waals surface area (Å²) in [7, 11) is -3.78. The van der Waals surface area contributed by atoms with Crippen LogP contribution in [0, 0.1) is 5.82 Å². The van der Waals surface area contributed by atoms with Crippen LogP contribution in [0.5, 0.6) is 0 Å². The molecule has 0 saturated carbocycles. The molecule has 116 valence electrons. The lowest BCUT2D eigenvalue weighted by Gasteiger charge is -2.17. The molecule has 0 aromatic heterocycles. The van der Waals surface area contributed by atoms with Crippen molar-refractivity contribution in [2.75, 3.05) is 6.54 Å². The van der Waals surface area contributed by atoms with Gasteiger partial charge in [-0.3, -0.25) is 0 Å². The third kappa shape index (κ3) is 3.64.